The highest BCUT2D eigenvalue weighted by Gasteiger charge is 2.39. The van der Waals surface area contributed by atoms with E-state index in [-0.39, 0.29) is 11.2 Å². The monoisotopic (exact) mass is 335 g/mol. The third-order valence-corrected chi connectivity index (χ3v) is 5.37. The number of hydrogen-bond donors (Lipinski definition) is 0. The van der Waals surface area contributed by atoms with Gasteiger partial charge in [-0.15, -0.1) is 0 Å². The second-order valence-corrected chi connectivity index (χ2v) is 7.38. The van der Waals surface area contributed by atoms with Gasteiger partial charge < -0.3 is 4.90 Å². The van der Waals surface area contributed by atoms with Crippen LogP contribution in [0.1, 0.15) is 45.1 Å². The number of allylic oxidation sites excluding steroid dienone is 2. The zero-order chi connectivity index (χ0) is 18.0. The molecule has 0 amide bonds. The second kappa shape index (κ2) is 6.84. The first-order chi connectivity index (χ1) is 12.0. The number of anilines is 1. The average Bonchev–Trinajstić information content (AvgIpc) is 2.81. The number of nitrogens with zero attached hydrogens (tertiary/aromatic N) is 3. The molecule has 0 bridgehead atoms. The number of nitriles is 1. The van der Waals surface area contributed by atoms with Crippen LogP contribution in [-0.4, -0.2) is 25.1 Å². The van der Waals surface area contributed by atoms with Gasteiger partial charge in [0.1, 0.15) is 5.92 Å². The Balaban J connectivity index is 1.93. The largest absolute Gasteiger partial charge is 0.347 e. The molecule has 0 aliphatic carbocycles. The third-order valence-electron chi connectivity index (χ3n) is 5.37. The number of carbonyl (C=O) groups is 1. The molecule has 0 unspecified atom stereocenters. The molecule has 4 nitrogen and oxygen atoms in total. The van der Waals surface area contributed by atoms with Crippen molar-refractivity contribution < 1.29 is 4.79 Å². The molecule has 130 valence electrons. The molecule has 3 rings (SSSR count). The molecular formula is C21H25N3O. The summed E-state index contributed by atoms with van der Waals surface area (Å²) >= 11 is 0. The average molecular weight is 335 g/mol. The lowest BCUT2D eigenvalue weighted by atomic mass is 9.82. The summed E-state index contributed by atoms with van der Waals surface area (Å²) in [5.74, 6) is -0.899. The fourth-order valence-corrected chi connectivity index (χ4v) is 3.91. The molecular weight excluding hydrogens is 310 g/mol. The number of rotatable bonds is 3. The number of carbonyl (C=O) groups excluding carboxylic acids is 1. The minimum Gasteiger partial charge on any atom is -0.347 e. The molecule has 2 aliphatic heterocycles. The van der Waals surface area contributed by atoms with Crippen LogP contribution in [0.3, 0.4) is 0 Å². The van der Waals surface area contributed by atoms with Crippen LogP contribution in [-0.2, 0) is 10.2 Å². The summed E-state index contributed by atoms with van der Waals surface area (Å²) in [5, 5.41) is 9.59. The maximum atomic E-state index is 12.9. The van der Waals surface area contributed by atoms with Crippen molar-refractivity contribution in [2.45, 2.75) is 44.9 Å². The Hall–Kier alpha value is -2.41. The molecule has 1 aromatic rings. The van der Waals surface area contributed by atoms with E-state index in [0.717, 1.165) is 49.3 Å². The van der Waals surface area contributed by atoms with Crippen molar-refractivity contribution in [1.82, 2.24) is 0 Å². The van der Waals surface area contributed by atoms with E-state index in [0.29, 0.717) is 0 Å². The summed E-state index contributed by atoms with van der Waals surface area (Å²) in [7, 11) is 1.98. The Morgan fingerprint density at radius 2 is 2.08 bits per heavy atom. The third kappa shape index (κ3) is 3.11. The molecule has 1 aromatic carbocycles. The zero-order valence-electron chi connectivity index (χ0n) is 15.2. The van der Waals surface area contributed by atoms with E-state index in [1.165, 1.54) is 5.56 Å². The van der Waals surface area contributed by atoms with Crippen LogP contribution in [0.25, 0.3) is 0 Å². The number of aliphatic imine (C=N–C) groups is 1. The fraction of sp³-hybridized carbons (Fsp3) is 0.476. The van der Waals surface area contributed by atoms with Crippen molar-refractivity contribution in [3.8, 4) is 6.07 Å². The van der Waals surface area contributed by atoms with Crippen LogP contribution in [0.4, 0.5) is 5.69 Å². The lowest BCUT2D eigenvalue weighted by molar-refractivity contribution is -0.115. The predicted octanol–water partition coefficient (Wildman–Crippen LogP) is 4.02. The lowest BCUT2D eigenvalue weighted by Crippen LogP contribution is -2.27. The SMILES string of the molecule is CN1/C(=C/C(=O)[C@@H](C#N)C2=NCCCCC2)C(C)(C)c2ccccc21. The topological polar surface area (TPSA) is 56.5 Å². The number of hydrogen-bond acceptors (Lipinski definition) is 4. The van der Waals surface area contributed by atoms with Gasteiger partial charge in [-0.25, -0.2) is 0 Å². The van der Waals surface area contributed by atoms with Crippen LogP contribution in [0, 0.1) is 17.2 Å². The first kappa shape index (κ1) is 17.4. The first-order valence-corrected chi connectivity index (χ1v) is 8.99. The second-order valence-electron chi connectivity index (χ2n) is 7.38. The maximum Gasteiger partial charge on any atom is 0.180 e. The van der Waals surface area contributed by atoms with E-state index in [9.17, 15) is 10.1 Å². The molecule has 25 heavy (non-hydrogen) atoms. The molecule has 4 heteroatoms. The summed E-state index contributed by atoms with van der Waals surface area (Å²) in [4.78, 5) is 19.5. The molecule has 0 spiro atoms. The lowest BCUT2D eigenvalue weighted by Gasteiger charge is -2.24. The van der Waals surface area contributed by atoms with Crippen molar-refractivity contribution in [3.05, 3.63) is 41.6 Å². The standard InChI is InChI=1S/C21H25N3O/c1-21(2)16-9-6-7-11-18(16)24(3)20(21)13-19(25)15(14-22)17-10-5-4-8-12-23-17/h6-7,9,11,13,15H,4-5,8,10,12H2,1-3H3/b20-13+/t15-/m0/s1. The summed E-state index contributed by atoms with van der Waals surface area (Å²) in [5.41, 5.74) is 3.77. The van der Waals surface area contributed by atoms with Gasteiger partial charge in [0.25, 0.3) is 0 Å². The summed E-state index contributed by atoms with van der Waals surface area (Å²) < 4.78 is 0. The van der Waals surface area contributed by atoms with Crippen LogP contribution in [0.15, 0.2) is 41.0 Å². The quantitative estimate of drug-likeness (QED) is 0.784. The summed E-state index contributed by atoms with van der Waals surface area (Å²) in [6.45, 7) is 4.98. The van der Waals surface area contributed by atoms with Gasteiger partial charge in [0, 0.05) is 42.2 Å². The molecule has 0 aromatic heterocycles. The summed E-state index contributed by atoms with van der Waals surface area (Å²) in [6, 6.07) is 10.4. The van der Waals surface area contributed by atoms with Crippen molar-refractivity contribution in [3.63, 3.8) is 0 Å². The van der Waals surface area contributed by atoms with Gasteiger partial charge in [0.2, 0.25) is 0 Å². The highest BCUT2D eigenvalue weighted by atomic mass is 16.1. The maximum absolute atomic E-state index is 12.9. The Labute approximate surface area is 149 Å². The van der Waals surface area contributed by atoms with Gasteiger partial charge in [-0.3, -0.25) is 9.79 Å². The molecule has 0 saturated heterocycles. The Kier molecular flexibility index (Phi) is 4.76. The van der Waals surface area contributed by atoms with Crippen molar-refractivity contribution in [1.29, 1.82) is 5.26 Å². The first-order valence-electron chi connectivity index (χ1n) is 8.99. The van der Waals surface area contributed by atoms with Crippen LogP contribution in [0.5, 0.6) is 0 Å². The fourth-order valence-electron chi connectivity index (χ4n) is 3.91. The minimum atomic E-state index is -0.751. The van der Waals surface area contributed by atoms with E-state index in [1.54, 1.807) is 6.08 Å². The Bertz CT molecular complexity index is 783. The molecule has 2 aliphatic rings. The normalized spacial score (nSPS) is 21.9. The number of para-hydroxylation sites is 1. The molecule has 1 atom stereocenters. The van der Waals surface area contributed by atoms with Crippen molar-refractivity contribution in [2.24, 2.45) is 10.9 Å². The van der Waals surface area contributed by atoms with Gasteiger partial charge in [0.05, 0.1) is 6.07 Å². The minimum absolute atomic E-state index is 0.147. The molecule has 0 radical (unpaired) electrons. The van der Waals surface area contributed by atoms with Gasteiger partial charge in [-0.05, 0) is 30.9 Å². The van der Waals surface area contributed by atoms with Crippen molar-refractivity contribution >= 4 is 17.2 Å². The van der Waals surface area contributed by atoms with Crippen molar-refractivity contribution in [2.75, 3.05) is 18.5 Å². The number of fused-ring (bicyclic) bond motifs is 1. The predicted molar refractivity (Wildman–Crippen MR) is 101 cm³/mol. The number of ketones is 1. The van der Waals surface area contributed by atoms with E-state index in [1.807, 2.05) is 19.2 Å². The molecule has 0 N–H and O–H groups in total. The van der Waals surface area contributed by atoms with E-state index in [2.05, 4.69) is 41.9 Å². The van der Waals surface area contributed by atoms with Gasteiger partial charge in [0.15, 0.2) is 5.78 Å². The highest BCUT2D eigenvalue weighted by Crippen LogP contribution is 2.46. The molecule has 0 saturated carbocycles. The van der Waals surface area contributed by atoms with Gasteiger partial charge in [-0.2, -0.15) is 5.26 Å². The number of benzene rings is 1. The smallest absolute Gasteiger partial charge is 0.180 e. The Morgan fingerprint density at radius 1 is 1.32 bits per heavy atom. The highest BCUT2D eigenvalue weighted by molar-refractivity contribution is 6.12. The van der Waals surface area contributed by atoms with Crippen LogP contribution in [0.2, 0.25) is 0 Å². The molecule has 2 heterocycles. The molecule has 0 fully saturated rings. The summed E-state index contributed by atoms with van der Waals surface area (Å²) in [6.07, 6.45) is 5.60. The van der Waals surface area contributed by atoms with E-state index < -0.39 is 5.92 Å². The van der Waals surface area contributed by atoms with Gasteiger partial charge in [-0.1, -0.05) is 38.5 Å². The van der Waals surface area contributed by atoms with E-state index >= 15 is 0 Å². The Morgan fingerprint density at radius 3 is 2.80 bits per heavy atom. The van der Waals surface area contributed by atoms with Gasteiger partial charge >= 0.3 is 0 Å². The van der Waals surface area contributed by atoms with Crippen LogP contribution >= 0.6 is 0 Å². The van der Waals surface area contributed by atoms with E-state index in [4.69, 9.17) is 0 Å². The zero-order valence-corrected chi connectivity index (χ0v) is 15.2. The van der Waals surface area contributed by atoms with Crippen LogP contribution < -0.4 is 4.90 Å². The number of likely N-dealkylation sites (N-methyl/N-ethyl adjacent to an activating group) is 1.